The number of halogens is 2. The van der Waals surface area contributed by atoms with E-state index in [2.05, 4.69) is 27.4 Å². The number of hydrogen-bond acceptors (Lipinski definition) is 5. The van der Waals surface area contributed by atoms with Gasteiger partial charge in [-0.15, -0.1) is 6.58 Å². The van der Waals surface area contributed by atoms with E-state index in [4.69, 9.17) is 16.3 Å². The van der Waals surface area contributed by atoms with Gasteiger partial charge in [0.25, 0.3) is 0 Å². The second-order valence-electron chi connectivity index (χ2n) is 5.46. The Labute approximate surface area is 155 Å². The van der Waals surface area contributed by atoms with Crippen molar-refractivity contribution in [1.82, 2.24) is 20.2 Å². The molecule has 26 heavy (non-hydrogen) atoms. The maximum Gasteiger partial charge on any atom is 0.243 e. The van der Waals surface area contributed by atoms with E-state index in [1.54, 1.807) is 22.9 Å². The molecule has 0 aliphatic rings. The van der Waals surface area contributed by atoms with Gasteiger partial charge in [0.1, 0.15) is 18.2 Å². The summed E-state index contributed by atoms with van der Waals surface area (Å²) in [5, 5.41) is 14.9. The summed E-state index contributed by atoms with van der Waals surface area (Å²) in [4.78, 5) is 0. The minimum atomic E-state index is -0.379. The van der Waals surface area contributed by atoms with Crippen LogP contribution in [0.2, 0.25) is 5.02 Å². The maximum atomic E-state index is 13.7. The van der Waals surface area contributed by atoms with Gasteiger partial charge in [0.2, 0.25) is 5.95 Å². The largest absolute Gasteiger partial charge is 0.489 e. The number of nitrogens with one attached hydrogen (secondary N) is 1. The number of allylic oxidation sites excluding steroid dienone is 1. The standard InChI is InChI=1S/C18H17ClFN5O/c1-2-10-25-18(22-23-24-25)21-11-13-6-8-14(9-7-13)26-12-15-16(19)4-3-5-17(15)20/h2-9H,1,10-12H2,(H,21,22,24). The minimum absolute atomic E-state index is 0.0689. The summed E-state index contributed by atoms with van der Waals surface area (Å²) in [7, 11) is 0. The molecule has 0 aliphatic carbocycles. The number of ether oxygens (including phenoxy) is 1. The molecule has 0 saturated heterocycles. The van der Waals surface area contributed by atoms with Gasteiger partial charge in [-0.25, -0.2) is 9.07 Å². The van der Waals surface area contributed by atoms with Crippen LogP contribution in [-0.2, 0) is 19.7 Å². The van der Waals surface area contributed by atoms with Crippen LogP contribution in [0.1, 0.15) is 11.1 Å². The summed E-state index contributed by atoms with van der Waals surface area (Å²) >= 11 is 5.99. The van der Waals surface area contributed by atoms with E-state index in [0.29, 0.717) is 35.4 Å². The molecule has 3 aromatic rings. The Morgan fingerprint density at radius 2 is 2.04 bits per heavy atom. The third-order valence-corrected chi connectivity index (χ3v) is 4.01. The second kappa shape index (κ2) is 8.44. The van der Waals surface area contributed by atoms with Crippen LogP contribution < -0.4 is 10.1 Å². The zero-order valence-electron chi connectivity index (χ0n) is 13.9. The molecule has 8 heteroatoms. The molecule has 0 atom stereocenters. The number of hydrogen-bond donors (Lipinski definition) is 1. The highest BCUT2D eigenvalue weighted by molar-refractivity contribution is 6.31. The molecule has 3 rings (SSSR count). The van der Waals surface area contributed by atoms with Gasteiger partial charge in [-0.05, 0) is 40.3 Å². The van der Waals surface area contributed by atoms with Crippen LogP contribution in [0.4, 0.5) is 10.3 Å². The normalized spacial score (nSPS) is 10.5. The molecule has 0 saturated carbocycles. The van der Waals surface area contributed by atoms with Crippen molar-refractivity contribution in [2.45, 2.75) is 19.7 Å². The molecule has 0 fully saturated rings. The molecular formula is C18H17ClFN5O. The Hall–Kier alpha value is -2.93. The molecule has 0 amide bonds. The summed E-state index contributed by atoms with van der Waals surface area (Å²) in [6, 6.07) is 12.0. The Balaban J connectivity index is 1.56. The lowest BCUT2D eigenvalue weighted by Gasteiger charge is -2.10. The molecule has 2 aromatic carbocycles. The van der Waals surface area contributed by atoms with Crippen LogP contribution in [-0.4, -0.2) is 20.2 Å². The van der Waals surface area contributed by atoms with Gasteiger partial charge in [0, 0.05) is 12.1 Å². The molecule has 1 heterocycles. The van der Waals surface area contributed by atoms with Gasteiger partial charge in [0.15, 0.2) is 0 Å². The summed E-state index contributed by atoms with van der Waals surface area (Å²) in [6.45, 7) is 4.81. The molecule has 0 unspecified atom stereocenters. The van der Waals surface area contributed by atoms with E-state index in [-0.39, 0.29) is 12.4 Å². The highest BCUT2D eigenvalue weighted by Gasteiger charge is 2.08. The molecule has 0 radical (unpaired) electrons. The topological polar surface area (TPSA) is 64.9 Å². The highest BCUT2D eigenvalue weighted by atomic mass is 35.5. The molecule has 0 aliphatic heterocycles. The third-order valence-electron chi connectivity index (χ3n) is 3.65. The molecule has 6 nitrogen and oxygen atoms in total. The number of rotatable bonds is 8. The SMILES string of the molecule is C=CCn1nnnc1NCc1ccc(OCc2c(F)cccc2Cl)cc1. The van der Waals surface area contributed by atoms with Gasteiger partial charge in [0.05, 0.1) is 11.6 Å². The molecule has 1 aromatic heterocycles. The first-order chi connectivity index (χ1) is 12.7. The number of anilines is 1. The molecule has 1 N–H and O–H groups in total. The lowest BCUT2D eigenvalue weighted by Crippen LogP contribution is -2.08. The van der Waals surface area contributed by atoms with E-state index in [1.165, 1.54) is 6.07 Å². The summed E-state index contributed by atoms with van der Waals surface area (Å²) in [5.41, 5.74) is 1.36. The summed E-state index contributed by atoms with van der Waals surface area (Å²) in [5.74, 6) is 0.819. The molecular weight excluding hydrogens is 357 g/mol. The monoisotopic (exact) mass is 373 g/mol. The second-order valence-corrected chi connectivity index (χ2v) is 5.87. The van der Waals surface area contributed by atoms with Gasteiger partial charge in [-0.3, -0.25) is 0 Å². The Morgan fingerprint density at radius 1 is 1.23 bits per heavy atom. The van der Waals surface area contributed by atoms with Crippen LogP contribution in [0, 0.1) is 5.82 Å². The van der Waals surface area contributed by atoms with Crippen molar-refractivity contribution in [1.29, 1.82) is 0 Å². The Morgan fingerprint density at radius 3 is 2.77 bits per heavy atom. The lowest BCUT2D eigenvalue weighted by atomic mass is 10.2. The van der Waals surface area contributed by atoms with E-state index in [1.807, 2.05) is 24.3 Å². The zero-order chi connectivity index (χ0) is 18.4. The van der Waals surface area contributed by atoms with Crippen LogP contribution in [0.5, 0.6) is 5.75 Å². The zero-order valence-corrected chi connectivity index (χ0v) is 14.7. The predicted molar refractivity (Wildman–Crippen MR) is 97.5 cm³/mol. The average Bonchev–Trinajstić information content (AvgIpc) is 3.08. The van der Waals surface area contributed by atoms with Gasteiger partial charge < -0.3 is 10.1 Å². The third kappa shape index (κ3) is 4.37. The lowest BCUT2D eigenvalue weighted by molar-refractivity contribution is 0.300. The summed E-state index contributed by atoms with van der Waals surface area (Å²) < 4.78 is 21.0. The molecule has 0 bridgehead atoms. The van der Waals surface area contributed by atoms with Crippen molar-refractivity contribution < 1.29 is 9.13 Å². The first-order valence-corrected chi connectivity index (χ1v) is 8.30. The summed E-state index contributed by atoms with van der Waals surface area (Å²) in [6.07, 6.45) is 1.72. The van der Waals surface area contributed by atoms with Gasteiger partial charge in [-0.2, -0.15) is 0 Å². The molecule has 0 spiro atoms. The van der Waals surface area contributed by atoms with E-state index >= 15 is 0 Å². The van der Waals surface area contributed by atoms with Crippen molar-refractivity contribution >= 4 is 17.5 Å². The van der Waals surface area contributed by atoms with Crippen molar-refractivity contribution in [3.8, 4) is 5.75 Å². The predicted octanol–water partition coefficient (Wildman–Crippen LogP) is 3.84. The first kappa shape index (κ1) is 17.9. The minimum Gasteiger partial charge on any atom is -0.489 e. The maximum absolute atomic E-state index is 13.7. The first-order valence-electron chi connectivity index (χ1n) is 7.93. The van der Waals surface area contributed by atoms with Crippen LogP contribution in [0.25, 0.3) is 0 Å². The van der Waals surface area contributed by atoms with Crippen molar-refractivity contribution in [2.24, 2.45) is 0 Å². The van der Waals surface area contributed by atoms with Gasteiger partial charge in [-0.1, -0.05) is 41.0 Å². The Bertz CT molecular complexity index is 861. The average molecular weight is 374 g/mol. The fraction of sp³-hybridized carbons (Fsp3) is 0.167. The number of aromatic nitrogens is 4. The van der Waals surface area contributed by atoms with E-state index in [9.17, 15) is 4.39 Å². The van der Waals surface area contributed by atoms with Gasteiger partial charge >= 0.3 is 0 Å². The van der Waals surface area contributed by atoms with E-state index < -0.39 is 0 Å². The van der Waals surface area contributed by atoms with Crippen molar-refractivity contribution in [2.75, 3.05) is 5.32 Å². The number of tetrazole rings is 1. The number of nitrogens with zero attached hydrogens (tertiary/aromatic N) is 4. The van der Waals surface area contributed by atoms with E-state index in [0.717, 1.165) is 5.56 Å². The fourth-order valence-corrected chi connectivity index (χ4v) is 2.50. The van der Waals surface area contributed by atoms with Crippen LogP contribution in [0.15, 0.2) is 55.1 Å². The quantitative estimate of drug-likeness (QED) is 0.608. The fourth-order valence-electron chi connectivity index (χ4n) is 2.29. The van der Waals surface area contributed by atoms with Crippen molar-refractivity contribution in [3.05, 3.63) is 77.1 Å². The number of benzene rings is 2. The smallest absolute Gasteiger partial charge is 0.243 e. The van der Waals surface area contributed by atoms with Crippen LogP contribution >= 0.6 is 11.6 Å². The molecule has 134 valence electrons. The van der Waals surface area contributed by atoms with Crippen LogP contribution in [0.3, 0.4) is 0 Å². The van der Waals surface area contributed by atoms with Crippen molar-refractivity contribution in [3.63, 3.8) is 0 Å². The Kier molecular flexibility index (Phi) is 5.80. The highest BCUT2D eigenvalue weighted by Crippen LogP contribution is 2.21.